The smallest absolute Gasteiger partial charge is 0.423 e. The Kier molecular flexibility index (Phi) is 5.72. The molecule has 1 heterocycles. The van der Waals surface area contributed by atoms with Crippen molar-refractivity contribution < 1.29 is 22.6 Å². The van der Waals surface area contributed by atoms with E-state index < -0.39 is 17.6 Å². The summed E-state index contributed by atoms with van der Waals surface area (Å²) in [5.41, 5.74) is -0.311. The van der Waals surface area contributed by atoms with E-state index in [0.717, 1.165) is 38.3 Å². The summed E-state index contributed by atoms with van der Waals surface area (Å²) in [6, 6.07) is 7.15. The van der Waals surface area contributed by atoms with E-state index in [0.29, 0.717) is 11.4 Å². The summed E-state index contributed by atoms with van der Waals surface area (Å²) in [7, 11) is 3.20. The number of aromatic nitrogens is 2. The molecule has 1 aromatic carbocycles. The molecule has 1 aliphatic carbocycles. The number of methoxy groups -OCH3 is 1. The maximum Gasteiger partial charge on any atom is 0.423 e. The van der Waals surface area contributed by atoms with Crippen molar-refractivity contribution in [2.24, 2.45) is 0 Å². The summed E-state index contributed by atoms with van der Waals surface area (Å²) < 4.78 is 51.1. The van der Waals surface area contributed by atoms with Gasteiger partial charge in [-0.3, -0.25) is 0 Å². The van der Waals surface area contributed by atoms with Crippen LogP contribution in [0.2, 0.25) is 0 Å². The van der Waals surface area contributed by atoms with Crippen molar-refractivity contribution >= 4 is 11.6 Å². The number of alkyl halides is 3. The van der Waals surface area contributed by atoms with Gasteiger partial charge in [-0.25, -0.2) is 4.98 Å². The normalized spacial score (nSPS) is 15.4. The first kappa shape index (κ1) is 19.3. The molecule has 1 fully saturated rings. The van der Waals surface area contributed by atoms with E-state index >= 15 is 0 Å². The predicted molar refractivity (Wildman–Crippen MR) is 95.6 cm³/mol. The first-order valence-electron chi connectivity index (χ1n) is 8.88. The van der Waals surface area contributed by atoms with Gasteiger partial charge in [0.2, 0.25) is 11.8 Å². The Hall–Kier alpha value is -2.51. The average Bonchev–Trinajstić information content (AvgIpc) is 2.67. The van der Waals surface area contributed by atoms with Gasteiger partial charge in [-0.05, 0) is 37.8 Å². The zero-order valence-corrected chi connectivity index (χ0v) is 15.3. The number of para-hydroxylation sites is 2. The van der Waals surface area contributed by atoms with Gasteiger partial charge in [0.25, 0.3) is 0 Å². The van der Waals surface area contributed by atoms with Crippen molar-refractivity contribution in [3.63, 3.8) is 0 Å². The van der Waals surface area contributed by atoms with E-state index in [1.54, 1.807) is 36.2 Å². The highest BCUT2D eigenvalue weighted by atomic mass is 19.4. The highest BCUT2D eigenvalue weighted by molar-refractivity contribution is 5.64. The molecule has 0 amide bonds. The second-order valence-corrected chi connectivity index (χ2v) is 6.50. The Morgan fingerprint density at radius 1 is 1.11 bits per heavy atom. The first-order valence-corrected chi connectivity index (χ1v) is 8.88. The molecule has 0 saturated heterocycles. The molecule has 1 saturated carbocycles. The molecule has 0 aliphatic heterocycles. The van der Waals surface area contributed by atoms with Crippen LogP contribution < -0.4 is 14.4 Å². The molecule has 3 rings (SSSR count). The minimum absolute atomic E-state index is 0.110. The van der Waals surface area contributed by atoms with Gasteiger partial charge >= 0.3 is 6.18 Å². The van der Waals surface area contributed by atoms with Gasteiger partial charge < -0.3 is 14.4 Å². The lowest BCUT2D eigenvalue weighted by molar-refractivity contribution is -0.140. The van der Waals surface area contributed by atoms with Crippen LogP contribution in [0, 0.1) is 0 Å². The topological polar surface area (TPSA) is 47.5 Å². The molecule has 8 heteroatoms. The molecule has 0 bridgehead atoms. The monoisotopic (exact) mass is 381 g/mol. The minimum Gasteiger partial charge on any atom is -0.495 e. The lowest BCUT2D eigenvalue weighted by atomic mass is 9.98. The molecule has 0 atom stereocenters. The van der Waals surface area contributed by atoms with Crippen LogP contribution in [0.1, 0.15) is 37.7 Å². The van der Waals surface area contributed by atoms with Crippen LogP contribution in [0.15, 0.2) is 30.5 Å². The van der Waals surface area contributed by atoms with E-state index in [9.17, 15) is 13.2 Å². The Morgan fingerprint density at radius 3 is 2.48 bits per heavy atom. The summed E-state index contributed by atoms with van der Waals surface area (Å²) >= 11 is 0. The zero-order chi connectivity index (χ0) is 19.4. The van der Waals surface area contributed by atoms with E-state index in [1.165, 1.54) is 7.11 Å². The molecule has 2 aromatic rings. The molecular weight excluding hydrogens is 359 g/mol. The summed E-state index contributed by atoms with van der Waals surface area (Å²) in [6.45, 7) is 0. The fourth-order valence-corrected chi connectivity index (χ4v) is 3.16. The van der Waals surface area contributed by atoms with Crippen molar-refractivity contribution in [1.82, 2.24) is 9.97 Å². The van der Waals surface area contributed by atoms with E-state index in [1.807, 2.05) is 0 Å². The van der Waals surface area contributed by atoms with Gasteiger partial charge in [-0.15, -0.1) is 0 Å². The Labute approximate surface area is 156 Å². The Bertz CT molecular complexity index is 777. The molecule has 0 radical (unpaired) electrons. The number of hydrogen-bond donors (Lipinski definition) is 0. The summed E-state index contributed by atoms with van der Waals surface area (Å²) in [4.78, 5) is 9.59. The number of halogens is 3. The van der Waals surface area contributed by atoms with Gasteiger partial charge in [-0.1, -0.05) is 18.6 Å². The standard InChI is InChI=1S/C19H22F3N3O2/c1-25(15-10-6-7-11-16(15)26-2)18-23-12-14(19(20,21)22)17(24-18)27-13-8-4-3-5-9-13/h6-7,10-13H,3-5,8-9H2,1-2H3. The zero-order valence-electron chi connectivity index (χ0n) is 15.3. The van der Waals surface area contributed by atoms with Crippen LogP contribution >= 0.6 is 0 Å². The van der Waals surface area contributed by atoms with Gasteiger partial charge in [0, 0.05) is 13.2 Å². The second-order valence-electron chi connectivity index (χ2n) is 6.50. The molecule has 0 N–H and O–H groups in total. The van der Waals surface area contributed by atoms with Gasteiger partial charge in [0.15, 0.2) is 0 Å². The Morgan fingerprint density at radius 2 is 1.81 bits per heavy atom. The van der Waals surface area contributed by atoms with Crippen LogP contribution in [0.25, 0.3) is 0 Å². The molecular formula is C19H22F3N3O2. The number of rotatable bonds is 5. The van der Waals surface area contributed by atoms with Crippen LogP contribution in [-0.4, -0.2) is 30.2 Å². The highest BCUT2D eigenvalue weighted by Crippen LogP contribution is 2.38. The molecule has 146 valence electrons. The lowest BCUT2D eigenvalue weighted by Gasteiger charge is -2.25. The van der Waals surface area contributed by atoms with Crippen LogP contribution in [0.5, 0.6) is 11.6 Å². The quantitative estimate of drug-likeness (QED) is 0.731. The molecule has 5 nitrogen and oxygen atoms in total. The van der Waals surface area contributed by atoms with Gasteiger partial charge in [0.1, 0.15) is 17.4 Å². The van der Waals surface area contributed by atoms with E-state index in [4.69, 9.17) is 9.47 Å². The minimum atomic E-state index is -4.58. The summed E-state index contributed by atoms with van der Waals surface area (Å²) in [5.74, 6) is 0.262. The number of benzene rings is 1. The van der Waals surface area contributed by atoms with Crippen molar-refractivity contribution in [3.05, 3.63) is 36.0 Å². The Balaban J connectivity index is 1.95. The largest absolute Gasteiger partial charge is 0.495 e. The van der Waals surface area contributed by atoms with Gasteiger partial charge in [0.05, 0.1) is 12.8 Å². The van der Waals surface area contributed by atoms with Crippen molar-refractivity contribution in [2.75, 3.05) is 19.1 Å². The highest BCUT2D eigenvalue weighted by Gasteiger charge is 2.37. The predicted octanol–water partition coefficient (Wildman–Crippen LogP) is 4.98. The van der Waals surface area contributed by atoms with Crippen LogP contribution in [-0.2, 0) is 6.18 Å². The van der Waals surface area contributed by atoms with E-state index in [2.05, 4.69) is 9.97 Å². The third-order valence-electron chi connectivity index (χ3n) is 4.62. The average molecular weight is 381 g/mol. The van der Waals surface area contributed by atoms with Crippen molar-refractivity contribution in [2.45, 2.75) is 44.4 Å². The number of ether oxygens (including phenoxy) is 2. The second kappa shape index (κ2) is 8.02. The molecule has 1 aliphatic rings. The third kappa shape index (κ3) is 4.43. The van der Waals surface area contributed by atoms with Crippen molar-refractivity contribution in [3.8, 4) is 11.6 Å². The van der Waals surface area contributed by atoms with E-state index in [-0.39, 0.29) is 12.1 Å². The first-order chi connectivity index (χ1) is 12.9. The maximum absolute atomic E-state index is 13.4. The third-order valence-corrected chi connectivity index (χ3v) is 4.62. The molecule has 1 aromatic heterocycles. The molecule has 0 unspecified atom stereocenters. The number of nitrogens with zero attached hydrogens (tertiary/aromatic N) is 3. The molecule has 27 heavy (non-hydrogen) atoms. The number of anilines is 2. The van der Waals surface area contributed by atoms with Crippen LogP contribution in [0.3, 0.4) is 0 Å². The molecule has 0 spiro atoms. The maximum atomic E-state index is 13.4. The fraction of sp³-hybridized carbons (Fsp3) is 0.474. The SMILES string of the molecule is COc1ccccc1N(C)c1ncc(C(F)(F)F)c(OC2CCCCC2)n1. The fourth-order valence-electron chi connectivity index (χ4n) is 3.16. The summed E-state index contributed by atoms with van der Waals surface area (Å²) in [6.07, 6.45) is 0.406. The lowest BCUT2D eigenvalue weighted by Crippen LogP contribution is -2.23. The van der Waals surface area contributed by atoms with Gasteiger partial charge in [-0.2, -0.15) is 18.2 Å². The number of hydrogen-bond acceptors (Lipinski definition) is 5. The van der Waals surface area contributed by atoms with Crippen molar-refractivity contribution in [1.29, 1.82) is 0 Å². The van der Waals surface area contributed by atoms with Crippen LogP contribution in [0.4, 0.5) is 24.8 Å². The summed E-state index contributed by atoms with van der Waals surface area (Å²) in [5, 5.41) is 0.